The number of nitrogens with one attached hydrogen (secondary N) is 1. The van der Waals surface area contributed by atoms with Crippen LogP contribution in [0.1, 0.15) is 28.4 Å². The van der Waals surface area contributed by atoms with E-state index in [9.17, 15) is 9.59 Å². The predicted molar refractivity (Wildman–Crippen MR) is 60.3 cm³/mol. The lowest BCUT2D eigenvalue weighted by Gasteiger charge is -2.02. The third-order valence-electron chi connectivity index (χ3n) is 2.01. The van der Waals surface area contributed by atoms with E-state index in [4.69, 9.17) is 5.11 Å². The number of nitrogens with zero attached hydrogens (tertiary/aromatic N) is 1. The minimum absolute atomic E-state index is 0.0200. The maximum atomic E-state index is 11.2. The van der Waals surface area contributed by atoms with Crippen LogP contribution in [0, 0.1) is 13.8 Å². The molecule has 0 radical (unpaired) electrons. The summed E-state index contributed by atoms with van der Waals surface area (Å²) in [6.07, 6.45) is -0.112. The molecule has 0 unspecified atom stereocenters. The average molecular weight is 242 g/mol. The van der Waals surface area contributed by atoms with Crippen LogP contribution in [0.5, 0.6) is 0 Å². The van der Waals surface area contributed by atoms with Crippen molar-refractivity contribution in [3.63, 3.8) is 0 Å². The number of aromatic nitrogens is 1. The van der Waals surface area contributed by atoms with E-state index in [2.05, 4.69) is 10.3 Å². The normalized spacial score (nSPS) is 10.1. The molecule has 0 fully saturated rings. The van der Waals surface area contributed by atoms with Gasteiger partial charge < -0.3 is 10.4 Å². The molecule has 1 rings (SSSR count). The number of carboxylic acid groups (broad SMARTS) is 1. The van der Waals surface area contributed by atoms with E-state index < -0.39 is 5.97 Å². The molecule has 88 valence electrons. The average Bonchev–Trinajstić information content (AvgIpc) is 2.51. The second kappa shape index (κ2) is 5.60. The Morgan fingerprint density at radius 2 is 2.06 bits per heavy atom. The second-order valence-corrected chi connectivity index (χ2v) is 4.70. The summed E-state index contributed by atoms with van der Waals surface area (Å²) >= 11 is 1.54. The van der Waals surface area contributed by atoms with Gasteiger partial charge in [-0.15, -0.1) is 11.3 Å². The fraction of sp³-hybridized carbons (Fsp3) is 0.500. The zero-order valence-corrected chi connectivity index (χ0v) is 10.1. The minimum Gasteiger partial charge on any atom is -0.481 e. The summed E-state index contributed by atoms with van der Waals surface area (Å²) in [5.41, 5.74) is 0.918. The lowest BCUT2D eigenvalue weighted by molar-refractivity contribution is -0.138. The van der Waals surface area contributed by atoms with Crippen molar-refractivity contribution in [2.75, 3.05) is 0 Å². The number of hydrogen-bond donors (Lipinski definition) is 2. The van der Waals surface area contributed by atoms with Gasteiger partial charge in [0.1, 0.15) is 0 Å². The Hall–Kier alpha value is -1.43. The number of aliphatic carboxylic acids is 1. The van der Waals surface area contributed by atoms with E-state index in [1.807, 2.05) is 13.8 Å². The Kier molecular flexibility index (Phi) is 4.42. The molecule has 1 heterocycles. The first-order valence-corrected chi connectivity index (χ1v) is 5.72. The first-order valence-electron chi connectivity index (χ1n) is 4.90. The number of carboxylic acids is 1. The number of aryl methyl sites for hydroxylation is 2. The van der Waals surface area contributed by atoms with Gasteiger partial charge in [0.2, 0.25) is 5.91 Å². The molecule has 0 aliphatic rings. The van der Waals surface area contributed by atoms with Gasteiger partial charge in [-0.3, -0.25) is 9.59 Å². The van der Waals surface area contributed by atoms with Crippen LogP contribution in [0.15, 0.2) is 0 Å². The molecule has 16 heavy (non-hydrogen) atoms. The summed E-state index contributed by atoms with van der Waals surface area (Å²) in [6.45, 7) is 4.23. The van der Waals surface area contributed by atoms with Crippen LogP contribution in [0.3, 0.4) is 0 Å². The van der Waals surface area contributed by atoms with Crippen molar-refractivity contribution in [3.05, 3.63) is 15.6 Å². The molecule has 0 aliphatic carbocycles. The Balaban J connectivity index is 2.37. The van der Waals surface area contributed by atoms with Gasteiger partial charge in [-0.1, -0.05) is 0 Å². The molecule has 2 N–H and O–H groups in total. The van der Waals surface area contributed by atoms with E-state index in [-0.39, 0.29) is 18.7 Å². The third kappa shape index (κ3) is 3.98. The molecule has 0 bridgehead atoms. The van der Waals surface area contributed by atoms with Gasteiger partial charge in [-0.25, -0.2) is 4.98 Å². The van der Waals surface area contributed by atoms with Crippen molar-refractivity contribution >= 4 is 23.2 Å². The quantitative estimate of drug-likeness (QED) is 0.814. The summed E-state index contributed by atoms with van der Waals surface area (Å²) in [4.78, 5) is 26.7. The number of thiazole rings is 1. The van der Waals surface area contributed by atoms with Gasteiger partial charge >= 0.3 is 5.97 Å². The standard InChI is InChI=1S/C10H14N2O3S/c1-6-8(16-7(2)12-6)5-11-9(13)3-4-10(14)15/h3-5H2,1-2H3,(H,11,13)(H,14,15). The topological polar surface area (TPSA) is 79.3 Å². The van der Waals surface area contributed by atoms with Crippen LogP contribution in [0.25, 0.3) is 0 Å². The van der Waals surface area contributed by atoms with Gasteiger partial charge in [0.25, 0.3) is 0 Å². The fourth-order valence-electron chi connectivity index (χ4n) is 1.23. The van der Waals surface area contributed by atoms with E-state index in [0.717, 1.165) is 15.6 Å². The van der Waals surface area contributed by atoms with Gasteiger partial charge in [-0.05, 0) is 13.8 Å². The van der Waals surface area contributed by atoms with Crippen LogP contribution in [-0.4, -0.2) is 22.0 Å². The summed E-state index contributed by atoms with van der Waals surface area (Å²) < 4.78 is 0. The maximum absolute atomic E-state index is 11.2. The number of amides is 1. The van der Waals surface area contributed by atoms with Crippen molar-refractivity contribution in [1.29, 1.82) is 0 Å². The van der Waals surface area contributed by atoms with Gasteiger partial charge in [0.15, 0.2) is 0 Å². The highest BCUT2D eigenvalue weighted by atomic mass is 32.1. The summed E-state index contributed by atoms with van der Waals surface area (Å²) in [5.74, 6) is -1.20. The molecular formula is C10H14N2O3S. The van der Waals surface area contributed by atoms with Gasteiger partial charge in [0.05, 0.1) is 23.7 Å². The Morgan fingerprint density at radius 1 is 1.38 bits per heavy atom. The molecule has 0 spiro atoms. The lowest BCUT2D eigenvalue weighted by Crippen LogP contribution is -2.23. The number of carbonyl (C=O) groups is 2. The monoisotopic (exact) mass is 242 g/mol. The van der Waals surface area contributed by atoms with Gasteiger partial charge in [0, 0.05) is 11.3 Å². The van der Waals surface area contributed by atoms with Crippen molar-refractivity contribution in [2.24, 2.45) is 0 Å². The zero-order chi connectivity index (χ0) is 12.1. The van der Waals surface area contributed by atoms with E-state index >= 15 is 0 Å². The van der Waals surface area contributed by atoms with Crippen LogP contribution in [-0.2, 0) is 16.1 Å². The van der Waals surface area contributed by atoms with Crippen LogP contribution in [0.4, 0.5) is 0 Å². The second-order valence-electron chi connectivity index (χ2n) is 3.41. The highest BCUT2D eigenvalue weighted by Gasteiger charge is 2.08. The Morgan fingerprint density at radius 3 is 2.56 bits per heavy atom. The van der Waals surface area contributed by atoms with Crippen molar-refractivity contribution in [1.82, 2.24) is 10.3 Å². The van der Waals surface area contributed by atoms with Crippen LogP contribution in [0.2, 0.25) is 0 Å². The third-order valence-corrected chi connectivity index (χ3v) is 3.08. The van der Waals surface area contributed by atoms with Crippen molar-refractivity contribution in [3.8, 4) is 0 Å². The summed E-state index contributed by atoms with van der Waals surface area (Å²) in [6, 6.07) is 0. The molecular weight excluding hydrogens is 228 g/mol. The van der Waals surface area contributed by atoms with Crippen molar-refractivity contribution < 1.29 is 14.7 Å². The highest BCUT2D eigenvalue weighted by molar-refractivity contribution is 7.11. The lowest BCUT2D eigenvalue weighted by atomic mass is 10.3. The molecule has 0 aliphatic heterocycles. The maximum Gasteiger partial charge on any atom is 0.303 e. The van der Waals surface area contributed by atoms with Crippen molar-refractivity contribution in [2.45, 2.75) is 33.2 Å². The summed E-state index contributed by atoms with van der Waals surface area (Å²) in [7, 11) is 0. The molecule has 0 saturated carbocycles. The fourth-order valence-corrected chi connectivity index (χ4v) is 2.10. The molecule has 1 aromatic rings. The Labute approximate surface area is 97.5 Å². The van der Waals surface area contributed by atoms with E-state index in [1.54, 1.807) is 0 Å². The molecule has 6 heteroatoms. The molecule has 5 nitrogen and oxygen atoms in total. The molecule has 1 aromatic heterocycles. The first kappa shape index (κ1) is 12.6. The predicted octanol–water partition coefficient (Wildman–Crippen LogP) is 1.24. The van der Waals surface area contributed by atoms with Crippen LogP contribution >= 0.6 is 11.3 Å². The number of rotatable bonds is 5. The number of hydrogen-bond acceptors (Lipinski definition) is 4. The Bertz CT molecular complexity index is 401. The number of carbonyl (C=O) groups excluding carboxylic acids is 1. The van der Waals surface area contributed by atoms with E-state index in [1.165, 1.54) is 11.3 Å². The first-order chi connectivity index (χ1) is 7.49. The summed E-state index contributed by atoms with van der Waals surface area (Å²) in [5, 5.41) is 12.0. The molecule has 1 amide bonds. The van der Waals surface area contributed by atoms with E-state index in [0.29, 0.717) is 6.54 Å². The van der Waals surface area contributed by atoms with Crippen LogP contribution < -0.4 is 5.32 Å². The smallest absolute Gasteiger partial charge is 0.303 e. The van der Waals surface area contributed by atoms with Gasteiger partial charge in [-0.2, -0.15) is 0 Å². The largest absolute Gasteiger partial charge is 0.481 e. The highest BCUT2D eigenvalue weighted by Crippen LogP contribution is 2.16. The molecule has 0 aromatic carbocycles. The zero-order valence-electron chi connectivity index (χ0n) is 9.24. The minimum atomic E-state index is -0.958. The molecule has 0 saturated heterocycles. The SMILES string of the molecule is Cc1nc(C)c(CNC(=O)CCC(=O)O)s1. The molecule has 0 atom stereocenters.